The van der Waals surface area contributed by atoms with Crippen molar-refractivity contribution in [3.63, 3.8) is 0 Å². The fourth-order valence-electron chi connectivity index (χ4n) is 2.18. The molecule has 0 spiro atoms. The number of thioether (sulfide) groups is 1. The van der Waals surface area contributed by atoms with Crippen LogP contribution in [0.1, 0.15) is 12.0 Å². The number of hydrogen-bond donors (Lipinski definition) is 1. The maximum Gasteiger partial charge on any atom is 0.237 e. The van der Waals surface area contributed by atoms with Crippen molar-refractivity contribution in [2.45, 2.75) is 23.0 Å². The van der Waals surface area contributed by atoms with Gasteiger partial charge in [0.25, 0.3) is 0 Å². The lowest BCUT2D eigenvalue weighted by Gasteiger charge is -2.12. The molecular formula is C15H14N2OS. The van der Waals surface area contributed by atoms with E-state index < -0.39 is 0 Å². The number of fused-ring (bicyclic) bond motifs is 1. The largest absolute Gasteiger partial charge is 0.325 e. The molecule has 1 N–H and O–H groups in total. The highest BCUT2D eigenvalue weighted by molar-refractivity contribution is 8.00. The molecule has 0 fully saturated rings. The van der Waals surface area contributed by atoms with E-state index in [9.17, 15) is 4.79 Å². The van der Waals surface area contributed by atoms with Crippen LogP contribution in [0.3, 0.4) is 0 Å². The average molecular weight is 270 g/mol. The van der Waals surface area contributed by atoms with Crippen LogP contribution >= 0.6 is 11.8 Å². The molecule has 1 atom stereocenters. The smallest absolute Gasteiger partial charge is 0.237 e. The van der Waals surface area contributed by atoms with Gasteiger partial charge in [-0.15, -0.1) is 11.8 Å². The zero-order chi connectivity index (χ0) is 13.1. The zero-order valence-electron chi connectivity index (χ0n) is 10.4. The molecule has 19 heavy (non-hydrogen) atoms. The number of pyridine rings is 1. The molecule has 0 radical (unpaired) electrons. The molecule has 0 saturated carbocycles. The maximum absolute atomic E-state index is 12.2. The molecule has 3 rings (SSSR count). The number of nitrogens with one attached hydrogen (secondary N) is 1. The normalized spacial score (nSPS) is 18.3. The standard InChI is InChI=1S/C15H14N2OS/c18-15-14(19-12-7-9-16-10-8-12)6-5-11-3-1-2-4-13(11)17-15/h1-4,7-10,14H,5-6H2,(H,17,18)/t14-/m1/s1. The molecule has 0 aliphatic carbocycles. The lowest BCUT2D eigenvalue weighted by atomic mass is 10.1. The fraction of sp³-hybridized carbons (Fsp3) is 0.200. The monoisotopic (exact) mass is 270 g/mol. The van der Waals surface area contributed by atoms with Crippen molar-refractivity contribution in [1.29, 1.82) is 0 Å². The Morgan fingerprint density at radius 2 is 1.95 bits per heavy atom. The second kappa shape index (κ2) is 5.45. The van der Waals surface area contributed by atoms with Gasteiger partial charge in [0.05, 0.1) is 5.25 Å². The number of nitrogens with zero attached hydrogens (tertiary/aromatic N) is 1. The van der Waals surface area contributed by atoms with Crippen molar-refractivity contribution in [2.75, 3.05) is 5.32 Å². The van der Waals surface area contributed by atoms with Crippen LogP contribution in [0.15, 0.2) is 53.7 Å². The number of amides is 1. The van der Waals surface area contributed by atoms with Crippen molar-refractivity contribution in [2.24, 2.45) is 0 Å². The van der Waals surface area contributed by atoms with Crippen molar-refractivity contribution in [3.05, 3.63) is 54.4 Å². The third-order valence-electron chi connectivity index (χ3n) is 3.17. The van der Waals surface area contributed by atoms with Gasteiger partial charge in [-0.3, -0.25) is 9.78 Å². The van der Waals surface area contributed by atoms with Gasteiger partial charge in [0.1, 0.15) is 0 Å². The minimum atomic E-state index is -0.0465. The zero-order valence-corrected chi connectivity index (χ0v) is 11.2. The maximum atomic E-state index is 12.2. The SMILES string of the molecule is O=C1Nc2ccccc2CC[C@H]1Sc1ccncc1. The van der Waals surface area contributed by atoms with E-state index in [-0.39, 0.29) is 11.2 Å². The average Bonchev–Trinajstić information content (AvgIpc) is 2.60. The van der Waals surface area contributed by atoms with E-state index >= 15 is 0 Å². The molecule has 1 aromatic carbocycles. The number of aromatic nitrogens is 1. The molecule has 3 nitrogen and oxygen atoms in total. The second-order valence-corrected chi connectivity index (χ2v) is 5.75. The number of hydrogen-bond acceptors (Lipinski definition) is 3. The van der Waals surface area contributed by atoms with Crippen LogP contribution in [-0.2, 0) is 11.2 Å². The Bertz CT molecular complexity index is 586. The topological polar surface area (TPSA) is 42.0 Å². The van der Waals surface area contributed by atoms with Crippen LogP contribution in [0.2, 0.25) is 0 Å². The van der Waals surface area contributed by atoms with Crippen LogP contribution in [0.25, 0.3) is 0 Å². The predicted molar refractivity (Wildman–Crippen MR) is 77.3 cm³/mol. The van der Waals surface area contributed by atoms with Crippen molar-refractivity contribution >= 4 is 23.4 Å². The third kappa shape index (κ3) is 2.79. The summed E-state index contributed by atoms with van der Waals surface area (Å²) in [5, 5.41) is 2.97. The van der Waals surface area contributed by atoms with Gasteiger partial charge in [-0.05, 0) is 36.6 Å². The Morgan fingerprint density at radius 1 is 1.16 bits per heavy atom. The molecular weight excluding hydrogens is 256 g/mol. The molecule has 0 bridgehead atoms. The van der Waals surface area contributed by atoms with Gasteiger partial charge in [-0.2, -0.15) is 0 Å². The summed E-state index contributed by atoms with van der Waals surface area (Å²) in [6.45, 7) is 0. The Kier molecular flexibility index (Phi) is 3.51. The van der Waals surface area contributed by atoms with Crippen LogP contribution < -0.4 is 5.32 Å². The van der Waals surface area contributed by atoms with Gasteiger partial charge in [0, 0.05) is 23.0 Å². The van der Waals surface area contributed by atoms with Gasteiger partial charge in [-0.25, -0.2) is 0 Å². The van der Waals surface area contributed by atoms with Gasteiger partial charge < -0.3 is 5.32 Å². The molecule has 96 valence electrons. The molecule has 1 aliphatic rings. The second-order valence-electron chi connectivity index (χ2n) is 4.47. The summed E-state index contributed by atoms with van der Waals surface area (Å²) in [5.41, 5.74) is 2.17. The lowest BCUT2D eigenvalue weighted by molar-refractivity contribution is -0.115. The quantitative estimate of drug-likeness (QED) is 0.911. The van der Waals surface area contributed by atoms with Crippen LogP contribution in [-0.4, -0.2) is 16.1 Å². The Balaban J connectivity index is 1.78. The first kappa shape index (κ1) is 12.2. The van der Waals surface area contributed by atoms with E-state index in [0.717, 1.165) is 23.4 Å². The molecule has 0 saturated heterocycles. The van der Waals surface area contributed by atoms with Crippen LogP contribution in [0.4, 0.5) is 5.69 Å². The van der Waals surface area contributed by atoms with E-state index in [1.807, 2.05) is 30.3 Å². The summed E-state index contributed by atoms with van der Waals surface area (Å²) < 4.78 is 0. The number of anilines is 1. The van der Waals surface area contributed by atoms with E-state index in [1.54, 1.807) is 24.2 Å². The first-order valence-electron chi connectivity index (χ1n) is 6.28. The highest BCUT2D eigenvalue weighted by Gasteiger charge is 2.24. The lowest BCUT2D eigenvalue weighted by Crippen LogP contribution is -2.23. The number of benzene rings is 1. The number of carbonyl (C=O) groups is 1. The molecule has 2 aromatic rings. The molecule has 2 heterocycles. The summed E-state index contributed by atoms with van der Waals surface area (Å²) in [4.78, 5) is 17.3. The highest BCUT2D eigenvalue weighted by Crippen LogP contribution is 2.31. The van der Waals surface area contributed by atoms with Gasteiger partial charge in [0.2, 0.25) is 5.91 Å². The van der Waals surface area contributed by atoms with Crippen molar-refractivity contribution < 1.29 is 4.79 Å². The number of carbonyl (C=O) groups excluding carboxylic acids is 1. The van der Waals surface area contributed by atoms with E-state index in [2.05, 4.69) is 16.4 Å². The number of para-hydroxylation sites is 1. The third-order valence-corrected chi connectivity index (χ3v) is 4.45. The first-order chi connectivity index (χ1) is 9.33. The first-order valence-corrected chi connectivity index (χ1v) is 7.16. The summed E-state index contributed by atoms with van der Waals surface area (Å²) >= 11 is 1.60. The van der Waals surface area contributed by atoms with Gasteiger partial charge in [-0.1, -0.05) is 18.2 Å². The molecule has 4 heteroatoms. The van der Waals surface area contributed by atoms with Crippen LogP contribution in [0, 0.1) is 0 Å². The summed E-state index contributed by atoms with van der Waals surface area (Å²) in [7, 11) is 0. The summed E-state index contributed by atoms with van der Waals surface area (Å²) in [5.74, 6) is 0.0896. The van der Waals surface area contributed by atoms with E-state index in [4.69, 9.17) is 0 Å². The highest BCUT2D eigenvalue weighted by atomic mass is 32.2. The molecule has 1 aliphatic heterocycles. The van der Waals surface area contributed by atoms with Crippen molar-refractivity contribution in [1.82, 2.24) is 4.98 Å². The number of aryl methyl sites for hydroxylation is 1. The molecule has 0 unspecified atom stereocenters. The Hall–Kier alpha value is -1.81. The van der Waals surface area contributed by atoms with Gasteiger partial charge >= 0.3 is 0 Å². The summed E-state index contributed by atoms with van der Waals surface area (Å²) in [6, 6.07) is 11.9. The van der Waals surface area contributed by atoms with E-state index in [1.165, 1.54) is 5.56 Å². The minimum Gasteiger partial charge on any atom is -0.325 e. The molecule has 1 aromatic heterocycles. The number of rotatable bonds is 2. The van der Waals surface area contributed by atoms with Crippen molar-refractivity contribution in [3.8, 4) is 0 Å². The Morgan fingerprint density at radius 3 is 2.79 bits per heavy atom. The summed E-state index contributed by atoms with van der Waals surface area (Å²) in [6.07, 6.45) is 5.30. The minimum absolute atomic E-state index is 0.0465. The Labute approximate surface area is 116 Å². The predicted octanol–water partition coefficient (Wildman–Crippen LogP) is 3.13. The fourth-order valence-corrected chi connectivity index (χ4v) is 3.19. The van der Waals surface area contributed by atoms with Crippen LogP contribution in [0.5, 0.6) is 0 Å². The van der Waals surface area contributed by atoms with Gasteiger partial charge in [0.15, 0.2) is 0 Å². The van der Waals surface area contributed by atoms with E-state index in [0.29, 0.717) is 0 Å². The molecule has 1 amide bonds.